The topological polar surface area (TPSA) is 84.0 Å². The first-order chi connectivity index (χ1) is 9.17. The first kappa shape index (κ1) is 13.7. The van der Waals surface area contributed by atoms with Gasteiger partial charge in [-0.15, -0.1) is 10.2 Å². The molecule has 7 heteroatoms. The fourth-order valence-electron chi connectivity index (χ4n) is 1.67. The highest BCUT2D eigenvalue weighted by molar-refractivity contribution is 8.00. The van der Waals surface area contributed by atoms with Crippen LogP contribution in [0.25, 0.3) is 11.6 Å². The largest absolute Gasteiger partial charge is 0.549 e. The molecule has 1 atom stereocenters. The smallest absolute Gasteiger partial charge is 0.200 e. The lowest BCUT2D eigenvalue weighted by molar-refractivity contribution is -0.304. The molecule has 0 spiro atoms. The Balaban J connectivity index is 2.30. The summed E-state index contributed by atoms with van der Waals surface area (Å²) in [7, 11) is 0. The molecule has 2 aromatic rings. The molecule has 1 unspecified atom stereocenters. The van der Waals surface area contributed by atoms with Crippen molar-refractivity contribution in [2.45, 2.75) is 37.2 Å². The molecule has 0 aromatic carbocycles. The molecule has 2 rings (SSSR count). The summed E-state index contributed by atoms with van der Waals surface area (Å²) >= 11 is 1.15. The number of carbonyl (C=O) groups is 1. The molecule has 0 radical (unpaired) electrons. The van der Waals surface area contributed by atoms with Crippen LogP contribution in [-0.2, 0) is 11.3 Å². The van der Waals surface area contributed by atoms with Gasteiger partial charge in [0.1, 0.15) is 0 Å². The van der Waals surface area contributed by atoms with E-state index in [0.717, 1.165) is 11.8 Å². The van der Waals surface area contributed by atoms with Gasteiger partial charge in [0.2, 0.25) is 0 Å². The molecule has 0 aliphatic heterocycles. The van der Waals surface area contributed by atoms with Gasteiger partial charge in [0, 0.05) is 6.54 Å². The number of rotatable bonds is 6. The summed E-state index contributed by atoms with van der Waals surface area (Å²) in [6, 6.07) is 3.56. The van der Waals surface area contributed by atoms with Crippen LogP contribution in [0.4, 0.5) is 0 Å². The average Bonchev–Trinajstić information content (AvgIpc) is 3.03. The molecule has 0 fully saturated rings. The Morgan fingerprint density at radius 2 is 2.32 bits per heavy atom. The molecule has 2 aromatic heterocycles. The normalized spacial score (nSPS) is 12.5. The fraction of sp³-hybridized carbons (Fsp3) is 0.417. The summed E-state index contributed by atoms with van der Waals surface area (Å²) in [6.45, 7) is 4.38. The zero-order valence-electron chi connectivity index (χ0n) is 10.7. The number of nitrogens with zero attached hydrogens (tertiary/aromatic N) is 3. The van der Waals surface area contributed by atoms with Gasteiger partial charge in [-0.3, -0.25) is 4.57 Å². The second-order valence-corrected chi connectivity index (χ2v) is 5.03. The lowest BCUT2D eigenvalue weighted by atomic mass is 10.3. The number of aliphatic carboxylic acids is 1. The third-order valence-electron chi connectivity index (χ3n) is 2.66. The van der Waals surface area contributed by atoms with Crippen molar-refractivity contribution in [1.29, 1.82) is 0 Å². The first-order valence-corrected chi connectivity index (χ1v) is 6.89. The van der Waals surface area contributed by atoms with Crippen molar-refractivity contribution in [2.24, 2.45) is 0 Å². The number of furan rings is 1. The monoisotopic (exact) mass is 280 g/mol. The highest BCUT2D eigenvalue weighted by Gasteiger charge is 2.18. The first-order valence-electron chi connectivity index (χ1n) is 6.02. The average molecular weight is 280 g/mol. The molecule has 0 aliphatic rings. The molecule has 0 N–H and O–H groups in total. The van der Waals surface area contributed by atoms with E-state index >= 15 is 0 Å². The van der Waals surface area contributed by atoms with Crippen molar-refractivity contribution in [1.82, 2.24) is 14.8 Å². The minimum atomic E-state index is -1.09. The number of carbonyl (C=O) groups excluding carboxylic acids is 1. The molecule has 0 saturated carbocycles. The maximum Gasteiger partial charge on any atom is 0.200 e. The minimum absolute atomic E-state index is 0.472. The number of aromatic nitrogens is 3. The Bertz CT molecular complexity index is 551. The van der Waals surface area contributed by atoms with Crippen LogP contribution in [0.3, 0.4) is 0 Å². The highest BCUT2D eigenvalue weighted by atomic mass is 32.2. The minimum Gasteiger partial charge on any atom is -0.549 e. The molecule has 0 bridgehead atoms. The van der Waals surface area contributed by atoms with Crippen molar-refractivity contribution < 1.29 is 14.3 Å². The predicted octanol–water partition coefficient (Wildman–Crippen LogP) is 1.18. The molecule has 0 saturated heterocycles. The molecule has 0 amide bonds. The number of carboxylic acids is 1. The van der Waals surface area contributed by atoms with Crippen LogP contribution < -0.4 is 5.11 Å². The Kier molecular flexibility index (Phi) is 4.26. The van der Waals surface area contributed by atoms with Gasteiger partial charge in [-0.2, -0.15) is 0 Å². The van der Waals surface area contributed by atoms with Crippen LogP contribution in [0, 0.1) is 0 Å². The van der Waals surface area contributed by atoms with Gasteiger partial charge in [-0.1, -0.05) is 18.7 Å². The molecule has 6 nitrogen and oxygen atoms in total. The van der Waals surface area contributed by atoms with Crippen molar-refractivity contribution in [3.8, 4) is 11.6 Å². The second kappa shape index (κ2) is 5.92. The van der Waals surface area contributed by atoms with E-state index < -0.39 is 11.2 Å². The summed E-state index contributed by atoms with van der Waals surface area (Å²) in [4.78, 5) is 11.0. The Hall–Kier alpha value is -1.76. The Labute approximate surface area is 114 Å². The summed E-state index contributed by atoms with van der Waals surface area (Å²) in [6.07, 6.45) is 2.03. The van der Waals surface area contributed by atoms with Crippen LogP contribution in [0.15, 0.2) is 28.0 Å². The molecular weight excluding hydrogens is 266 g/mol. The van der Waals surface area contributed by atoms with Crippen molar-refractivity contribution in [2.75, 3.05) is 0 Å². The Morgan fingerprint density at radius 1 is 1.53 bits per heavy atom. The second-order valence-electron chi connectivity index (χ2n) is 3.86. The summed E-state index contributed by atoms with van der Waals surface area (Å²) in [5, 5.41) is 19.0. The lowest BCUT2D eigenvalue weighted by Gasteiger charge is -2.15. The number of hydrogen-bond acceptors (Lipinski definition) is 6. The van der Waals surface area contributed by atoms with E-state index in [1.165, 1.54) is 0 Å². The van der Waals surface area contributed by atoms with Crippen LogP contribution in [0.5, 0.6) is 0 Å². The van der Waals surface area contributed by atoms with Gasteiger partial charge in [0.05, 0.1) is 17.5 Å². The zero-order chi connectivity index (χ0) is 13.8. The molecule has 19 heavy (non-hydrogen) atoms. The van der Waals surface area contributed by atoms with Gasteiger partial charge in [0.25, 0.3) is 0 Å². The van der Waals surface area contributed by atoms with Crippen molar-refractivity contribution in [3.63, 3.8) is 0 Å². The highest BCUT2D eigenvalue weighted by Crippen LogP contribution is 2.27. The summed E-state index contributed by atoms with van der Waals surface area (Å²) in [5.74, 6) is 0.128. The standard InChI is InChI=1S/C12H15N3O3S/c1-3-9(11(16)17)19-12-14-13-10(15(12)4-2)8-6-5-7-18-8/h5-7,9H,3-4H2,1-2H3,(H,16,17)/p-1. The van der Waals surface area contributed by atoms with E-state index in [9.17, 15) is 9.90 Å². The molecule has 102 valence electrons. The van der Waals surface area contributed by atoms with E-state index in [2.05, 4.69) is 10.2 Å². The summed E-state index contributed by atoms with van der Waals surface area (Å²) < 4.78 is 7.12. The quantitative estimate of drug-likeness (QED) is 0.739. The van der Waals surface area contributed by atoms with E-state index in [0.29, 0.717) is 29.7 Å². The van der Waals surface area contributed by atoms with Crippen LogP contribution in [0.1, 0.15) is 20.3 Å². The Morgan fingerprint density at radius 3 is 2.84 bits per heavy atom. The van der Waals surface area contributed by atoms with Gasteiger partial charge in [0.15, 0.2) is 16.7 Å². The van der Waals surface area contributed by atoms with E-state index in [1.807, 2.05) is 11.5 Å². The molecule has 0 aliphatic carbocycles. The molecular formula is C12H14N3O3S-. The number of hydrogen-bond donors (Lipinski definition) is 0. The third kappa shape index (κ3) is 2.81. The van der Waals surface area contributed by atoms with Crippen LogP contribution >= 0.6 is 11.8 Å². The van der Waals surface area contributed by atoms with Gasteiger partial charge < -0.3 is 14.3 Å². The van der Waals surface area contributed by atoms with Crippen molar-refractivity contribution in [3.05, 3.63) is 18.4 Å². The summed E-state index contributed by atoms with van der Waals surface area (Å²) in [5.41, 5.74) is 0. The third-order valence-corrected chi connectivity index (χ3v) is 3.98. The maximum absolute atomic E-state index is 11.0. The predicted molar refractivity (Wildman–Crippen MR) is 68.3 cm³/mol. The van der Waals surface area contributed by atoms with Crippen LogP contribution in [-0.4, -0.2) is 26.0 Å². The van der Waals surface area contributed by atoms with Gasteiger partial charge in [-0.05, 0) is 25.5 Å². The lowest BCUT2D eigenvalue weighted by Crippen LogP contribution is -2.33. The fourth-order valence-corrected chi connectivity index (χ4v) is 2.62. The van der Waals surface area contributed by atoms with Gasteiger partial charge in [-0.25, -0.2) is 0 Å². The zero-order valence-corrected chi connectivity index (χ0v) is 11.5. The SMILES string of the molecule is CCC(Sc1nnc(-c2ccco2)n1CC)C(=O)[O-]. The van der Waals surface area contributed by atoms with E-state index in [-0.39, 0.29) is 0 Å². The number of carboxylic acid groups (broad SMARTS) is 1. The molecule has 2 heterocycles. The maximum atomic E-state index is 11.0. The van der Waals surface area contributed by atoms with E-state index in [1.54, 1.807) is 25.3 Å². The van der Waals surface area contributed by atoms with Crippen LogP contribution in [0.2, 0.25) is 0 Å². The van der Waals surface area contributed by atoms with E-state index in [4.69, 9.17) is 4.42 Å². The van der Waals surface area contributed by atoms with Crippen molar-refractivity contribution >= 4 is 17.7 Å². The van der Waals surface area contributed by atoms with Gasteiger partial charge >= 0.3 is 0 Å². The number of thioether (sulfide) groups is 1.